The van der Waals surface area contributed by atoms with E-state index in [1.54, 1.807) is 0 Å². The molecule has 0 aromatic carbocycles. The summed E-state index contributed by atoms with van der Waals surface area (Å²) in [5.41, 5.74) is 0. The fourth-order valence-corrected chi connectivity index (χ4v) is 4.06. The first kappa shape index (κ1) is 21.0. The summed E-state index contributed by atoms with van der Waals surface area (Å²) in [6, 6.07) is 0. The van der Waals surface area contributed by atoms with Crippen LogP contribution in [-0.2, 0) is 4.74 Å². The van der Waals surface area contributed by atoms with Crippen LogP contribution in [0.1, 0.15) is 52.9 Å². The van der Waals surface area contributed by atoms with Crippen LogP contribution in [0.4, 0.5) is 0 Å². The van der Waals surface area contributed by atoms with Crippen molar-refractivity contribution in [2.75, 3.05) is 33.3 Å². The van der Waals surface area contributed by atoms with Crippen LogP contribution in [-0.4, -0.2) is 50.3 Å². The minimum Gasteiger partial charge on any atom is -0.378 e. The van der Waals surface area contributed by atoms with Gasteiger partial charge >= 0.3 is 0 Å². The number of guanidine groups is 1. The first-order valence-corrected chi connectivity index (χ1v) is 9.22. The molecule has 0 bridgehead atoms. The lowest BCUT2D eigenvalue weighted by molar-refractivity contribution is 0.0257. The van der Waals surface area contributed by atoms with Crippen molar-refractivity contribution in [3.8, 4) is 0 Å². The maximum absolute atomic E-state index is 5.83. The van der Waals surface area contributed by atoms with Crippen molar-refractivity contribution in [2.45, 2.75) is 59.0 Å². The molecule has 4 nitrogen and oxygen atoms in total. The van der Waals surface area contributed by atoms with Crippen LogP contribution in [0.5, 0.6) is 0 Å². The maximum atomic E-state index is 5.83. The minimum absolute atomic E-state index is 0. The average molecular weight is 437 g/mol. The van der Waals surface area contributed by atoms with Gasteiger partial charge in [0.25, 0.3) is 0 Å². The van der Waals surface area contributed by atoms with E-state index in [-0.39, 0.29) is 24.0 Å². The van der Waals surface area contributed by atoms with E-state index in [9.17, 15) is 0 Å². The topological polar surface area (TPSA) is 36.9 Å². The molecule has 0 spiro atoms. The number of hydrogen-bond donors (Lipinski definition) is 1. The Labute approximate surface area is 159 Å². The van der Waals surface area contributed by atoms with Crippen LogP contribution >= 0.6 is 24.0 Å². The Morgan fingerprint density at radius 3 is 2.30 bits per heavy atom. The molecule has 0 aromatic rings. The highest BCUT2D eigenvalue weighted by molar-refractivity contribution is 14.0. The van der Waals surface area contributed by atoms with E-state index < -0.39 is 0 Å². The fourth-order valence-electron chi connectivity index (χ4n) is 4.06. The normalized spacial score (nSPS) is 26.0. The monoisotopic (exact) mass is 437 g/mol. The lowest BCUT2D eigenvalue weighted by atomic mass is 9.82. The van der Waals surface area contributed by atoms with Gasteiger partial charge in [-0.2, -0.15) is 0 Å². The van der Waals surface area contributed by atoms with Crippen LogP contribution in [0.25, 0.3) is 0 Å². The molecular weight excluding hydrogens is 401 g/mol. The lowest BCUT2D eigenvalue weighted by Crippen LogP contribution is -2.41. The number of ether oxygens (including phenoxy) is 1. The van der Waals surface area contributed by atoms with Crippen molar-refractivity contribution in [3.05, 3.63) is 0 Å². The maximum Gasteiger partial charge on any atom is 0.193 e. The van der Waals surface area contributed by atoms with Crippen molar-refractivity contribution in [1.29, 1.82) is 0 Å². The summed E-state index contributed by atoms with van der Waals surface area (Å²) < 4.78 is 5.83. The van der Waals surface area contributed by atoms with Crippen LogP contribution in [0.2, 0.25) is 0 Å². The number of likely N-dealkylation sites (tertiary alicyclic amines) is 1. The number of halogens is 1. The molecule has 136 valence electrons. The molecule has 1 saturated heterocycles. The summed E-state index contributed by atoms with van der Waals surface area (Å²) in [6.45, 7) is 10.7. The summed E-state index contributed by atoms with van der Waals surface area (Å²) in [5.74, 6) is 3.46. The lowest BCUT2D eigenvalue weighted by Gasteiger charge is -2.24. The first-order valence-electron chi connectivity index (χ1n) is 9.22. The van der Waals surface area contributed by atoms with E-state index >= 15 is 0 Å². The molecule has 1 aliphatic carbocycles. The predicted molar refractivity (Wildman–Crippen MR) is 109 cm³/mol. The van der Waals surface area contributed by atoms with Gasteiger partial charge in [0.15, 0.2) is 5.96 Å². The van der Waals surface area contributed by atoms with E-state index in [2.05, 4.69) is 36.0 Å². The SMILES string of the molecule is CCOC(CCNC(=NC)N1CC2CCCCC2C1)C(C)C.I. The largest absolute Gasteiger partial charge is 0.378 e. The molecule has 2 aliphatic rings. The molecule has 1 N–H and O–H groups in total. The Kier molecular flexibility index (Phi) is 9.82. The fraction of sp³-hybridized carbons (Fsp3) is 0.944. The molecule has 23 heavy (non-hydrogen) atoms. The van der Waals surface area contributed by atoms with Gasteiger partial charge < -0.3 is 15.0 Å². The second-order valence-electron chi connectivity index (χ2n) is 7.21. The third-order valence-corrected chi connectivity index (χ3v) is 5.32. The Balaban J connectivity index is 0.00000264. The zero-order valence-electron chi connectivity index (χ0n) is 15.4. The Hall–Kier alpha value is -0.0400. The van der Waals surface area contributed by atoms with Gasteiger partial charge in [0.2, 0.25) is 0 Å². The molecule has 1 aliphatic heterocycles. The molecule has 0 aromatic heterocycles. The van der Waals surface area contributed by atoms with Crippen molar-refractivity contribution in [1.82, 2.24) is 10.2 Å². The van der Waals surface area contributed by atoms with Crippen molar-refractivity contribution in [2.24, 2.45) is 22.7 Å². The Morgan fingerprint density at radius 1 is 1.22 bits per heavy atom. The summed E-state index contributed by atoms with van der Waals surface area (Å²) in [6.07, 6.45) is 7.06. The number of aliphatic imine (C=N–C) groups is 1. The molecule has 1 saturated carbocycles. The van der Waals surface area contributed by atoms with Crippen LogP contribution in [0.15, 0.2) is 4.99 Å². The van der Waals surface area contributed by atoms with Crippen molar-refractivity contribution >= 4 is 29.9 Å². The van der Waals surface area contributed by atoms with Gasteiger partial charge in [-0.3, -0.25) is 4.99 Å². The van der Waals surface area contributed by atoms with E-state index in [0.29, 0.717) is 12.0 Å². The Morgan fingerprint density at radius 2 is 1.83 bits per heavy atom. The van der Waals surface area contributed by atoms with Gasteiger partial charge in [-0.1, -0.05) is 26.7 Å². The molecule has 0 amide bonds. The highest BCUT2D eigenvalue weighted by atomic mass is 127. The van der Waals surface area contributed by atoms with Gasteiger partial charge in [-0.25, -0.2) is 0 Å². The van der Waals surface area contributed by atoms with Gasteiger partial charge in [-0.05, 0) is 43.9 Å². The van der Waals surface area contributed by atoms with Gasteiger partial charge in [-0.15, -0.1) is 24.0 Å². The van der Waals surface area contributed by atoms with Crippen LogP contribution < -0.4 is 5.32 Å². The molecular formula is C18H36IN3O. The second-order valence-corrected chi connectivity index (χ2v) is 7.21. The second kappa shape index (κ2) is 10.7. The average Bonchev–Trinajstić information content (AvgIpc) is 2.93. The van der Waals surface area contributed by atoms with Gasteiger partial charge in [0.05, 0.1) is 6.10 Å². The van der Waals surface area contributed by atoms with Crippen molar-refractivity contribution in [3.63, 3.8) is 0 Å². The number of hydrogen-bond acceptors (Lipinski definition) is 2. The molecule has 0 radical (unpaired) electrons. The summed E-state index contributed by atoms with van der Waals surface area (Å²) in [7, 11) is 1.91. The third-order valence-electron chi connectivity index (χ3n) is 5.32. The number of rotatable bonds is 6. The standard InChI is InChI=1S/C18H35N3O.HI/c1-5-22-17(14(2)3)10-11-20-18(19-4)21-12-15-8-6-7-9-16(15)13-21;/h14-17H,5-13H2,1-4H3,(H,19,20);1H. The minimum atomic E-state index is 0. The van der Waals surface area contributed by atoms with E-state index in [0.717, 1.165) is 37.4 Å². The third kappa shape index (κ3) is 6.07. The van der Waals surface area contributed by atoms with Gasteiger partial charge in [0, 0.05) is 33.3 Å². The highest BCUT2D eigenvalue weighted by Gasteiger charge is 2.35. The van der Waals surface area contributed by atoms with E-state index in [1.165, 1.54) is 38.8 Å². The number of fused-ring (bicyclic) bond motifs is 1. The molecule has 3 unspecified atom stereocenters. The quantitative estimate of drug-likeness (QED) is 0.391. The smallest absolute Gasteiger partial charge is 0.193 e. The Bertz CT molecular complexity index is 348. The highest BCUT2D eigenvalue weighted by Crippen LogP contribution is 2.35. The molecule has 5 heteroatoms. The molecule has 2 rings (SSSR count). The molecule has 3 atom stereocenters. The number of nitrogens with one attached hydrogen (secondary N) is 1. The molecule has 1 heterocycles. The van der Waals surface area contributed by atoms with E-state index in [1.807, 2.05) is 7.05 Å². The van der Waals surface area contributed by atoms with Gasteiger partial charge in [0.1, 0.15) is 0 Å². The summed E-state index contributed by atoms with van der Waals surface area (Å²) in [4.78, 5) is 6.98. The van der Waals surface area contributed by atoms with Crippen molar-refractivity contribution < 1.29 is 4.74 Å². The first-order chi connectivity index (χ1) is 10.7. The van der Waals surface area contributed by atoms with Crippen LogP contribution in [0.3, 0.4) is 0 Å². The predicted octanol–water partition coefficient (Wildman–Crippen LogP) is 3.75. The zero-order chi connectivity index (χ0) is 15.9. The summed E-state index contributed by atoms with van der Waals surface area (Å²) in [5, 5.41) is 3.56. The molecule has 2 fully saturated rings. The van der Waals surface area contributed by atoms with Crippen LogP contribution in [0, 0.1) is 17.8 Å². The van der Waals surface area contributed by atoms with E-state index in [4.69, 9.17) is 4.74 Å². The number of nitrogens with zero attached hydrogens (tertiary/aromatic N) is 2. The zero-order valence-corrected chi connectivity index (χ0v) is 17.7. The summed E-state index contributed by atoms with van der Waals surface area (Å²) >= 11 is 0.